The number of nitrogens with zero attached hydrogens (tertiary/aromatic N) is 3. The molecule has 1 rings (SSSR count). The maximum atomic E-state index is 7.69. The van der Waals surface area contributed by atoms with Crippen LogP contribution >= 0.6 is 0 Å². The minimum absolute atomic E-state index is 0.101. The molecule has 2 N–H and O–H groups in total. The summed E-state index contributed by atoms with van der Waals surface area (Å²) in [7, 11) is 3.83. The summed E-state index contributed by atoms with van der Waals surface area (Å²) in [4.78, 5) is 10.4. The predicted molar refractivity (Wildman–Crippen MR) is 59.2 cm³/mol. The average Bonchev–Trinajstić information content (AvgIpc) is 2.15. The fourth-order valence-corrected chi connectivity index (χ4v) is 1.11. The Hall–Kier alpha value is -1.39. The first kappa shape index (κ1) is 10.7. The van der Waals surface area contributed by atoms with Gasteiger partial charge in [-0.1, -0.05) is 6.92 Å². The zero-order valence-electron chi connectivity index (χ0n) is 9.13. The number of aliphatic imine (C=N–C) groups is 2. The molecular formula is C9H17N5. The van der Waals surface area contributed by atoms with Gasteiger partial charge in [0.2, 0.25) is 5.96 Å². The first-order valence-corrected chi connectivity index (χ1v) is 4.72. The van der Waals surface area contributed by atoms with Gasteiger partial charge >= 0.3 is 0 Å². The SMILES string of the molecule is CCC(=N)C1=NC(C)N=C(N(C)C)N1. The molecule has 1 aliphatic rings. The van der Waals surface area contributed by atoms with Gasteiger partial charge in [0.15, 0.2) is 5.84 Å². The third-order valence-corrected chi connectivity index (χ3v) is 1.92. The Balaban J connectivity index is 2.80. The van der Waals surface area contributed by atoms with Crippen molar-refractivity contribution in [2.24, 2.45) is 9.98 Å². The molecule has 0 spiro atoms. The molecule has 1 unspecified atom stereocenters. The number of hydrogen-bond donors (Lipinski definition) is 2. The predicted octanol–water partition coefficient (Wildman–Crippen LogP) is 0.681. The molecule has 78 valence electrons. The van der Waals surface area contributed by atoms with Crippen molar-refractivity contribution in [3.63, 3.8) is 0 Å². The topological polar surface area (TPSA) is 63.8 Å². The molecule has 1 atom stereocenters. The molecule has 1 aliphatic heterocycles. The summed E-state index contributed by atoms with van der Waals surface area (Å²) in [6.45, 7) is 3.85. The highest BCUT2D eigenvalue weighted by atomic mass is 15.3. The Morgan fingerprint density at radius 3 is 2.64 bits per heavy atom. The lowest BCUT2D eigenvalue weighted by atomic mass is 10.2. The molecule has 0 saturated heterocycles. The summed E-state index contributed by atoms with van der Waals surface area (Å²) in [5, 5.41) is 10.7. The Labute approximate surface area is 84.4 Å². The zero-order valence-corrected chi connectivity index (χ0v) is 9.13. The Kier molecular flexibility index (Phi) is 3.22. The van der Waals surface area contributed by atoms with E-state index in [9.17, 15) is 0 Å². The molecule has 0 radical (unpaired) electrons. The van der Waals surface area contributed by atoms with E-state index in [4.69, 9.17) is 5.41 Å². The Bertz CT molecular complexity index is 290. The van der Waals surface area contributed by atoms with Crippen LogP contribution < -0.4 is 5.32 Å². The molecule has 0 bridgehead atoms. The van der Waals surface area contributed by atoms with E-state index in [0.29, 0.717) is 18.0 Å². The van der Waals surface area contributed by atoms with E-state index < -0.39 is 0 Å². The minimum atomic E-state index is -0.101. The van der Waals surface area contributed by atoms with Crippen molar-refractivity contribution < 1.29 is 0 Å². The van der Waals surface area contributed by atoms with Crippen LogP contribution in [0.2, 0.25) is 0 Å². The van der Waals surface area contributed by atoms with E-state index in [1.807, 2.05) is 32.8 Å². The first-order valence-electron chi connectivity index (χ1n) is 4.72. The van der Waals surface area contributed by atoms with E-state index in [0.717, 1.165) is 5.96 Å². The molecule has 14 heavy (non-hydrogen) atoms. The van der Waals surface area contributed by atoms with Crippen molar-refractivity contribution in [3.05, 3.63) is 0 Å². The van der Waals surface area contributed by atoms with Gasteiger partial charge in [-0.25, -0.2) is 9.98 Å². The van der Waals surface area contributed by atoms with Crippen molar-refractivity contribution >= 4 is 17.5 Å². The Morgan fingerprint density at radius 1 is 1.50 bits per heavy atom. The van der Waals surface area contributed by atoms with Crippen LogP contribution in [0.4, 0.5) is 0 Å². The molecular weight excluding hydrogens is 178 g/mol. The molecule has 0 saturated carbocycles. The van der Waals surface area contributed by atoms with Gasteiger partial charge in [-0.2, -0.15) is 0 Å². The number of guanidine groups is 1. The van der Waals surface area contributed by atoms with E-state index in [2.05, 4.69) is 15.3 Å². The van der Waals surface area contributed by atoms with Gasteiger partial charge in [0.1, 0.15) is 6.17 Å². The lowest BCUT2D eigenvalue weighted by molar-refractivity contribution is 0.583. The highest BCUT2D eigenvalue weighted by Gasteiger charge is 2.16. The summed E-state index contributed by atoms with van der Waals surface area (Å²) < 4.78 is 0. The molecule has 5 heteroatoms. The quantitative estimate of drug-likeness (QED) is 0.636. The van der Waals surface area contributed by atoms with E-state index in [1.165, 1.54) is 0 Å². The van der Waals surface area contributed by atoms with Gasteiger partial charge in [-0.3, -0.25) is 0 Å². The average molecular weight is 195 g/mol. The van der Waals surface area contributed by atoms with Crippen LogP contribution in [-0.2, 0) is 0 Å². The van der Waals surface area contributed by atoms with Gasteiger partial charge in [0.05, 0.1) is 5.71 Å². The van der Waals surface area contributed by atoms with Crippen LogP contribution in [0.3, 0.4) is 0 Å². The fourth-order valence-electron chi connectivity index (χ4n) is 1.11. The van der Waals surface area contributed by atoms with E-state index >= 15 is 0 Å². The van der Waals surface area contributed by atoms with Crippen molar-refractivity contribution in [2.45, 2.75) is 26.4 Å². The number of hydrogen-bond acceptors (Lipinski definition) is 5. The van der Waals surface area contributed by atoms with Gasteiger partial charge in [0.25, 0.3) is 0 Å². The van der Waals surface area contributed by atoms with E-state index in [1.54, 1.807) is 0 Å². The van der Waals surface area contributed by atoms with Crippen molar-refractivity contribution in [2.75, 3.05) is 14.1 Å². The monoisotopic (exact) mass is 195 g/mol. The highest BCUT2D eigenvalue weighted by Crippen LogP contribution is 2.01. The van der Waals surface area contributed by atoms with Crippen LogP contribution in [0.5, 0.6) is 0 Å². The number of amidine groups is 1. The minimum Gasteiger partial charge on any atom is -0.349 e. The summed E-state index contributed by atoms with van der Waals surface area (Å²) in [5.74, 6) is 1.40. The van der Waals surface area contributed by atoms with Crippen molar-refractivity contribution in [1.82, 2.24) is 10.2 Å². The molecule has 0 aromatic rings. The first-order chi connectivity index (χ1) is 6.54. The third-order valence-electron chi connectivity index (χ3n) is 1.92. The van der Waals surface area contributed by atoms with Crippen LogP contribution in [0, 0.1) is 5.41 Å². The molecule has 0 aromatic carbocycles. The summed E-state index contributed by atoms with van der Waals surface area (Å²) in [5.41, 5.74) is 0.520. The maximum Gasteiger partial charge on any atom is 0.201 e. The largest absolute Gasteiger partial charge is 0.349 e. The van der Waals surface area contributed by atoms with Gasteiger partial charge in [-0.05, 0) is 13.3 Å². The molecule has 0 aliphatic carbocycles. The highest BCUT2D eigenvalue weighted by molar-refractivity contribution is 6.42. The molecule has 1 heterocycles. The fraction of sp³-hybridized carbons (Fsp3) is 0.667. The van der Waals surface area contributed by atoms with Gasteiger partial charge < -0.3 is 15.6 Å². The Morgan fingerprint density at radius 2 is 2.14 bits per heavy atom. The van der Waals surface area contributed by atoms with Gasteiger partial charge in [0, 0.05) is 14.1 Å². The van der Waals surface area contributed by atoms with Crippen LogP contribution in [-0.4, -0.2) is 42.7 Å². The van der Waals surface area contributed by atoms with Gasteiger partial charge in [-0.15, -0.1) is 0 Å². The molecule has 5 nitrogen and oxygen atoms in total. The van der Waals surface area contributed by atoms with E-state index in [-0.39, 0.29) is 6.17 Å². The zero-order chi connectivity index (χ0) is 10.7. The summed E-state index contributed by atoms with van der Waals surface area (Å²) in [6, 6.07) is 0. The second kappa shape index (κ2) is 4.21. The van der Waals surface area contributed by atoms with Crippen LogP contribution in [0.25, 0.3) is 0 Å². The third kappa shape index (κ3) is 2.31. The van der Waals surface area contributed by atoms with Crippen LogP contribution in [0.15, 0.2) is 9.98 Å². The summed E-state index contributed by atoms with van der Waals surface area (Å²) in [6.07, 6.45) is 0.578. The maximum absolute atomic E-state index is 7.69. The molecule has 0 amide bonds. The smallest absolute Gasteiger partial charge is 0.201 e. The number of nitrogens with one attached hydrogen (secondary N) is 2. The van der Waals surface area contributed by atoms with Crippen molar-refractivity contribution in [3.8, 4) is 0 Å². The molecule has 0 fully saturated rings. The number of rotatable bonds is 2. The second-order valence-corrected chi connectivity index (χ2v) is 3.41. The lowest BCUT2D eigenvalue weighted by Crippen LogP contribution is -2.46. The molecule has 0 aromatic heterocycles. The van der Waals surface area contributed by atoms with Crippen LogP contribution in [0.1, 0.15) is 20.3 Å². The second-order valence-electron chi connectivity index (χ2n) is 3.41. The normalized spacial score (nSPS) is 20.7. The lowest BCUT2D eigenvalue weighted by Gasteiger charge is -2.23. The summed E-state index contributed by atoms with van der Waals surface area (Å²) >= 11 is 0. The van der Waals surface area contributed by atoms with Crippen molar-refractivity contribution in [1.29, 1.82) is 5.41 Å². The standard InChI is InChI=1S/C9H17N5/c1-5-7(10)8-11-6(2)12-9(13-8)14(3)4/h6,10H,5H2,1-4H3,(H,11,12,13).